The van der Waals surface area contributed by atoms with Crippen molar-refractivity contribution in [3.63, 3.8) is 0 Å². The fourth-order valence-electron chi connectivity index (χ4n) is 1.62. The van der Waals surface area contributed by atoms with E-state index in [4.69, 9.17) is 10.8 Å². The second-order valence-electron chi connectivity index (χ2n) is 3.63. The summed E-state index contributed by atoms with van der Waals surface area (Å²) in [6.45, 7) is 1.96. The molecule has 0 radical (unpaired) electrons. The number of rotatable bonds is 7. The van der Waals surface area contributed by atoms with E-state index < -0.39 is 17.7 Å². The minimum absolute atomic E-state index is 0.0536. The highest BCUT2D eigenvalue weighted by Crippen LogP contribution is 2.13. The van der Waals surface area contributed by atoms with Gasteiger partial charge in [-0.15, -0.1) is 0 Å². The van der Waals surface area contributed by atoms with Crippen molar-refractivity contribution in [3.05, 3.63) is 0 Å². The summed E-state index contributed by atoms with van der Waals surface area (Å²) in [5.74, 6) is -0.992. The zero-order valence-electron chi connectivity index (χ0n) is 9.79. The number of carboxylic acid groups (broad SMARTS) is 1. The number of carbonyl (C=O) groups is 1. The zero-order chi connectivity index (χ0) is 12.1. The van der Waals surface area contributed by atoms with Crippen LogP contribution in [-0.4, -0.2) is 50.0 Å². The van der Waals surface area contributed by atoms with Crippen molar-refractivity contribution in [1.29, 1.82) is 0 Å². The molecule has 0 aromatic rings. The maximum absolute atomic E-state index is 10.7. The highest BCUT2D eigenvalue weighted by Gasteiger charge is 2.35. The van der Waals surface area contributed by atoms with Crippen LogP contribution in [-0.2, 0) is 4.79 Å². The molecule has 0 aliphatic rings. The van der Waals surface area contributed by atoms with Crippen LogP contribution in [0.3, 0.4) is 0 Å². The highest BCUT2D eigenvalue weighted by atomic mass is 16.4. The molecule has 0 aromatic heterocycles. The van der Waals surface area contributed by atoms with Gasteiger partial charge < -0.3 is 26.8 Å². The topological polar surface area (TPSA) is 99.4 Å². The van der Waals surface area contributed by atoms with Gasteiger partial charge in [-0.1, -0.05) is 0 Å². The Hall–Kier alpha value is -0.690. The highest BCUT2D eigenvalue weighted by molar-refractivity contribution is 5.73. The van der Waals surface area contributed by atoms with Crippen molar-refractivity contribution in [1.82, 2.24) is 16.0 Å². The van der Waals surface area contributed by atoms with E-state index >= 15 is 0 Å². The summed E-state index contributed by atoms with van der Waals surface area (Å²) in [6.07, 6.45) is 0.303. The monoisotopic (exact) mass is 218 g/mol. The zero-order valence-corrected chi connectivity index (χ0v) is 9.79. The molecule has 0 saturated carbocycles. The number of nitrogens with two attached hydrogens (primary N) is 1. The van der Waals surface area contributed by atoms with Crippen molar-refractivity contribution in [2.75, 3.05) is 21.1 Å². The molecule has 90 valence electrons. The summed E-state index contributed by atoms with van der Waals surface area (Å²) in [5, 5.41) is 18.0. The van der Waals surface area contributed by atoms with Gasteiger partial charge in [0.2, 0.25) is 0 Å². The van der Waals surface area contributed by atoms with Gasteiger partial charge in [0.15, 0.2) is 0 Å². The number of carboxylic acids is 1. The average Bonchev–Trinajstić information content (AvgIpc) is 2.24. The Morgan fingerprint density at radius 3 is 2.13 bits per heavy atom. The van der Waals surface area contributed by atoms with Gasteiger partial charge in [0.1, 0.15) is 6.04 Å². The van der Waals surface area contributed by atoms with E-state index in [1.54, 1.807) is 14.1 Å². The smallest absolute Gasteiger partial charge is 0.320 e. The molecule has 6 nitrogen and oxygen atoms in total. The molecule has 0 fully saturated rings. The molecule has 0 aliphatic carbocycles. The van der Waals surface area contributed by atoms with Crippen LogP contribution in [0.15, 0.2) is 0 Å². The van der Waals surface area contributed by atoms with E-state index in [1.165, 1.54) is 0 Å². The quantitative estimate of drug-likeness (QED) is 0.335. The van der Waals surface area contributed by atoms with Gasteiger partial charge in [-0.25, -0.2) is 0 Å². The van der Waals surface area contributed by atoms with Gasteiger partial charge in [0, 0.05) is 12.5 Å². The van der Waals surface area contributed by atoms with E-state index in [0.717, 1.165) is 0 Å². The molecule has 0 rings (SSSR count). The average molecular weight is 218 g/mol. The van der Waals surface area contributed by atoms with E-state index in [-0.39, 0.29) is 6.04 Å². The minimum atomic E-state index is -0.992. The molecule has 0 aromatic carbocycles. The third-order valence-electron chi connectivity index (χ3n) is 2.92. The van der Waals surface area contributed by atoms with E-state index in [0.29, 0.717) is 6.42 Å². The minimum Gasteiger partial charge on any atom is -0.480 e. The number of likely N-dealkylation sites (N-methyl/N-ethyl adjacent to an activating group) is 3. The summed E-state index contributed by atoms with van der Waals surface area (Å²) >= 11 is 0. The molecule has 6 N–H and O–H groups in total. The van der Waals surface area contributed by atoms with Crippen molar-refractivity contribution in [3.8, 4) is 0 Å². The molecular weight excluding hydrogens is 196 g/mol. The van der Waals surface area contributed by atoms with Crippen molar-refractivity contribution >= 4 is 5.97 Å². The lowest BCUT2D eigenvalue weighted by molar-refractivity contribution is -0.139. The number of hydrogen-bond acceptors (Lipinski definition) is 5. The van der Waals surface area contributed by atoms with Crippen LogP contribution in [0, 0.1) is 0 Å². The predicted octanol–water partition coefficient (Wildman–Crippen LogP) is -1.47. The molecule has 15 heavy (non-hydrogen) atoms. The molecule has 0 amide bonds. The number of nitrogens with one attached hydrogen (secondary N) is 3. The first kappa shape index (κ1) is 14.3. The molecule has 2 unspecified atom stereocenters. The van der Waals surface area contributed by atoms with Crippen LogP contribution in [0.1, 0.15) is 13.3 Å². The van der Waals surface area contributed by atoms with Crippen LogP contribution >= 0.6 is 0 Å². The fourth-order valence-corrected chi connectivity index (χ4v) is 1.62. The van der Waals surface area contributed by atoms with Gasteiger partial charge in [0.25, 0.3) is 0 Å². The van der Waals surface area contributed by atoms with Crippen molar-refractivity contribution < 1.29 is 9.90 Å². The summed E-state index contributed by atoms with van der Waals surface area (Å²) in [5.41, 5.74) is 5.02. The largest absolute Gasteiger partial charge is 0.480 e. The SMILES string of the molecule is CNC(C)C(CC(N)C(=O)O)(NC)NC. The number of hydrogen-bond donors (Lipinski definition) is 5. The molecule has 2 atom stereocenters. The van der Waals surface area contributed by atoms with Crippen molar-refractivity contribution in [2.24, 2.45) is 5.73 Å². The van der Waals surface area contributed by atoms with Gasteiger partial charge in [0.05, 0.1) is 5.66 Å². The first-order valence-corrected chi connectivity index (χ1v) is 4.97. The molecule has 0 spiro atoms. The molecule has 0 heterocycles. The Labute approximate surface area is 90.6 Å². The first-order chi connectivity index (χ1) is 6.93. The Morgan fingerprint density at radius 2 is 1.87 bits per heavy atom. The summed E-state index contributed by atoms with van der Waals surface area (Å²) in [6, 6.07) is -0.835. The number of aliphatic carboxylic acids is 1. The van der Waals surface area contributed by atoms with Crippen molar-refractivity contribution in [2.45, 2.75) is 31.1 Å². The van der Waals surface area contributed by atoms with Crippen LogP contribution in [0.5, 0.6) is 0 Å². The van der Waals surface area contributed by atoms with E-state index in [1.807, 2.05) is 14.0 Å². The second-order valence-corrected chi connectivity index (χ2v) is 3.63. The van der Waals surface area contributed by atoms with Gasteiger partial charge in [-0.05, 0) is 28.1 Å². The van der Waals surface area contributed by atoms with Gasteiger partial charge >= 0.3 is 5.97 Å². The summed E-state index contributed by atoms with van der Waals surface area (Å²) < 4.78 is 0. The normalized spacial score (nSPS) is 16.1. The molecule has 0 bridgehead atoms. The lowest BCUT2D eigenvalue weighted by Crippen LogP contribution is -2.67. The van der Waals surface area contributed by atoms with Gasteiger partial charge in [-0.2, -0.15) is 0 Å². The van der Waals surface area contributed by atoms with Crippen LogP contribution < -0.4 is 21.7 Å². The third-order valence-corrected chi connectivity index (χ3v) is 2.92. The Bertz CT molecular complexity index is 206. The molecule has 0 saturated heterocycles. The van der Waals surface area contributed by atoms with E-state index in [2.05, 4.69) is 16.0 Å². The lowest BCUT2D eigenvalue weighted by atomic mass is 9.93. The van der Waals surface area contributed by atoms with Gasteiger partial charge in [-0.3, -0.25) is 4.79 Å². The van der Waals surface area contributed by atoms with Crippen LogP contribution in [0.25, 0.3) is 0 Å². The lowest BCUT2D eigenvalue weighted by Gasteiger charge is -2.39. The third kappa shape index (κ3) is 3.42. The van der Waals surface area contributed by atoms with Crippen LogP contribution in [0.4, 0.5) is 0 Å². The summed E-state index contributed by atoms with van der Waals surface area (Å²) in [7, 11) is 5.37. The molecule has 6 heteroatoms. The maximum Gasteiger partial charge on any atom is 0.320 e. The van der Waals surface area contributed by atoms with E-state index in [9.17, 15) is 4.79 Å². The molecular formula is C9H22N4O2. The Balaban J connectivity index is 4.70. The van der Waals surface area contributed by atoms with Crippen LogP contribution in [0.2, 0.25) is 0 Å². The fraction of sp³-hybridized carbons (Fsp3) is 0.889. The summed E-state index contributed by atoms with van der Waals surface area (Å²) in [4.78, 5) is 10.7. The second kappa shape index (κ2) is 6.02. The Morgan fingerprint density at radius 1 is 1.40 bits per heavy atom. The Kier molecular flexibility index (Phi) is 5.74. The maximum atomic E-state index is 10.7. The molecule has 0 aliphatic heterocycles. The predicted molar refractivity (Wildman–Crippen MR) is 59.6 cm³/mol. The standard InChI is InChI=1S/C9H22N4O2/c1-6(11-2)9(12-3,13-4)5-7(10)8(14)15/h6-7,11-13H,5,10H2,1-4H3,(H,14,15). The first-order valence-electron chi connectivity index (χ1n) is 4.97.